The molecule has 0 saturated carbocycles. The fourth-order valence-electron chi connectivity index (χ4n) is 0.834. The van der Waals surface area contributed by atoms with Gasteiger partial charge in [0.05, 0.1) is 0 Å². The Balaban J connectivity index is 3.64. The molecule has 0 aromatic heterocycles. The van der Waals surface area contributed by atoms with Crippen molar-refractivity contribution in [2.45, 2.75) is 18.9 Å². The molecular formula is C7H15N5O3. The summed E-state index contributed by atoms with van der Waals surface area (Å²) >= 11 is 0. The fraction of sp³-hybridized carbons (Fsp3) is 0.714. The van der Waals surface area contributed by atoms with Crippen LogP contribution in [0.3, 0.4) is 0 Å². The predicted octanol–water partition coefficient (Wildman–Crippen LogP) is -1.37. The molecule has 0 radical (unpaired) electrons. The zero-order valence-electron chi connectivity index (χ0n) is 8.26. The van der Waals surface area contributed by atoms with Crippen LogP contribution in [0.2, 0.25) is 0 Å². The molecule has 15 heavy (non-hydrogen) atoms. The summed E-state index contributed by atoms with van der Waals surface area (Å²) < 4.78 is 4.40. The van der Waals surface area contributed by atoms with Crippen LogP contribution in [0.1, 0.15) is 12.8 Å². The largest absolute Gasteiger partial charge is 0.438 e. The number of esters is 1. The van der Waals surface area contributed by atoms with Crippen molar-refractivity contribution >= 4 is 11.9 Å². The number of aliphatic imine (C=N–C) groups is 1. The Hall–Kier alpha value is -1.70. The molecular weight excluding hydrogens is 202 g/mol. The van der Waals surface area contributed by atoms with E-state index in [9.17, 15) is 9.70 Å². The molecule has 0 amide bonds. The number of nitroso groups, excluding NO2 is 1. The lowest BCUT2D eigenvalue weighted by atomic mass is 10.2. The van der Waals surface area contributed by atoms with E-state index in [1.54, 1.807) is 0 Å². The molecule has 0 aliphatic carbocycles. The summed E-state index contributed by atoms with van der Waals surface area (Å²) in [6, 6.07) is -0.777. The van der Waals surface area contributed by atoms with Crippen molar-refractivity contribution in [3.8, 4) is 0 Å². The number of nitrogens with two attached hydrogens (primary N) is 3. The van der Waals surface area contributed by atoms with Crippen LogP contribution >= 0.6 is 0 Å². The highest BCUT2D eigenvalue weighted by molar-refractivity contribution is 5.76. The molecule has 0 bridgehead atoms. The van der Waals surface area contributed by atoms with Crippen LogP contribution < -0.4 is 17.2 Å². The average molecular weight is 217 g/mol. The van der Waals surface area contributed by atoms with Gasteiger partial charge in [0.15, 0.2) is 5.96 Å². The molecule has 0 heterocycles. The monoisotopic (exact) mass is 217 g/mol. The number of rotatable bonds is 7. The molecule has 8 heteroatoms. The summed E-state index contributed by atoms with van der Waals surface area (Å²) in [5.74, 6) is -0.657. The maximum Gasteiger partial charge on any atom is 0.324 e. The molecule has 0 aliphatic heterocycles. The van der Waals surface area contributed by atoms with Crippen LogP contribution in [0, 0.1) is 4.91 Å². The Kier molecular flexibility index (Phi) is 6.81. The molecule has 6 N–H and O–H groups in total. The Morgan fingerprint density at radius 1 is 1.40 bits per heavy atom. The van der Waals surface area contributed by atoms with Gasteiger partial charge in [-0.15, -0.1) is 4.91 Å². The van der Waals surface area contributed by atoms with E-state index < -0.39 is 18.7 Å². The van der Waals surface area contributed by atoms with Gasteiger partial charge in [-0.25, -0.2) is 0 Å². The molecule has 0 fully saturated rings. The maximum atomic E-state index is 11.0. The van der Waals surface area contributed by atoms with E-state index in [0.29, 0.717) is 19.4 Å². The second kappa shape index (κ2) is 7.68. The molecule has 0 aliphatic rings. The van der Waals surface area contributed by atoms with Crippen molar-refractivity contribution < 1.29 is 9.53 Å². The van der Waals surface area contributed by atoms with Gasteiger partial charge in [-0.1, -0.05) is 0 Å². The van der Waals surface area contributed by atoms with Gasteiger partial charge in [0.1, 0.15) is 6.04 Å². The average Bonchev–Trinajstić information content (AvgIpc) is 2.20. The van der Waals surface area contributed by atoms with Crippen molar-refractivity contribution in [1.29, 1.82) is 0 Å². The van der Waals surface area contributed by atoms with E-state index in [1.165, 1.54) is 0 Å². The molecule has 86 valence electrons. The van der Waals surface area contributed by atoms with E-state index in [0.717, 1.165) is 0 Å². The molecule has 0 aromatic carbocycles. The summed E-state index contributed by atoms with van der Waals surface area (Å²) in [6.45, 7) is -0.115. The van der Waals surface area contributed by atoms with Crippen molar-refractivity contribution in [2.24, 2.45) is 27.4 Å². The standard InChI is InChI=1S/C7H15N5O3/c8-5(6(13)15-4-12-14)2-1-3-11-7(9)10/h5H,1-4,8H2,(H4,9,10,11)/t5-/m0/s1. The second-order valence-corrected chi connectivity index (χ2v) is 2.78. The molecule has 0 rings (SSSR count). The summed E-state index contributed by atoms with van der Waals surface area (Å²) in [6.07, 6.45) is 0.942. The van der Waals surface area contributed by atoms with Gasteiger partial charge in [0, 0.05) is 6.54 Å². The lowest BCUT2D eigenvalue weighted by Crippen LogP contribution is -2.32. The Morgan fingerprint density at radius 3 is 2.60 bits per heavy atom. The van der Waals surface area contributed by atoms with Crippen LogP contribution in [0.15, 0.2) is 10.2 Å². The number of ether oxygens (including phenoxy) is 1. The van der Waals surface area contributed by atoms with Gasteiger partial charge in [-0.05, 0) is 18.0 Å². The van der Waals surface area contributed by atoms with Crippen LogP contribution in [0.25, 0.3) is 0 Å². The first kappa shape index (κ1) is 13.3. The SMILES string of the molecule is NC(N)=NCCC[C@H](N)C(=O)OCN=O. The number of carbonyl (C=O) groups is 1. The fourth-order valence-corrected chi connectivity index (χ4v) is 0.834. The molecule has 8 nitrogen and oxygen atoms in total. The first-order valence-electron chi connectivity index (χ1n) is 4.34. The molecule has 0 saturated heterocycles. The van der Waals surface area contributed by atoms with E-state index in [2.05, 4.69) is 14.9 Å². The molecule has 0 aromatic rings. The third-order valence-electron chi connectivity index (χ3n) is 1.53. The minimum Gasteiger partial charge on any atom is -0.438 e. The summed E-state index contributed by atoms with van der Waals surface area (Å²) in [7, 11) is 0. The first-order valence-corrected chi connectivity index (χ1v) is 4.34. The van der Waals surface area contributed by atoms with Crippen LogP contribution in [0.4, 0.5) is 0 Å². The smallest absolute Gasteiger partial charge is 0.324 e. The number of carbonyl (C=O) groups excluding carboxylic acids is 1. The minimum absolute atomic E-state index is 0.00342. The summed E-state index contributed by atoms with van der Waals surface area (Å²) in [4.78, 5) is 24.4. The second-order valence-electron chi connectivity index (χ2n) is 2.78. The zero-order valence-corrected chi connectivity index (χ0v) is 8.26. The lowest BCUT2D eigenvalue weighted by Gasteiger charge is -2.08. The third-order valence-corrected chi connectivity index (χ3v) is 1.53. The normalized spacial score (nSPS) is 11.5. The van der Waals surface area contributed by atoms with E-state index in [1.807, 2.05) is 0 Å². The third kappa shape index (κ3) is 7.38. The lowest BCUT2D eigenvalue weighted by molar-refractivity contribution is -0.145. The molecule has 1 atom stereocenters. The Morgan fingerprint density at radius 2 is 2.07 bits per heavy atom. The van der Waals surface area contributed by atoms with E-state index >= 15 is 0 Å². The van der Waals surface area contributed by atoms with Gasteiger partial charge in [0.2, 0.25) is 6.73 Å². The van der Waals surface area contributed by atoms with E-state index in [4.69, 9.17) is 17.2 Å². The number of guanidine groups is 1. The number of hydrogen-bond donors (Lipinski definition) is 3. The summed E-state index contributed by atoms with van der Waals surface area (Å²) in [5, 5.41) is 2.37. The molecule has 0 unspecified atom stereocenters. The maximum absolute atomic E-state index is 11.0. The van der Waals surface area contributed by atoms with Gasteiger partial charge < -0.3 is 21.9 Å². The van der Waals surface area contributed by atoms with Crippen molar-refractivity contribution in [3.63, 3.8) is 0 Å². The highest BCUT2D eigenvalue weighted by Crippen LogP contribution is 1.97. The highest BCUT2D eigenvalue weighted by Gasteiger charge is 2.13. The van der Waals surface area contributed by atoms with Gasteiger partial charge in [-0.3, -0.25) is 9.79 Å². The first-order chi connectivity index (χ1) is 7.07. The van der Waals surface area contributed by atoms with Crippen molar-refractivity contribution in [3.05, 3.63) is 4.91 Å². The van der Waals surface area contributed by atoms with Crippen molar-refractivity contribution in [2.75, 3.05) is 13.3 Å². The predicted molar refractivity (Wildman–Crippen MR) is 54.6 cm³/mol. The minimum atomic E-state index is -0.777. The van der Waals surface area contributed by atoms with Crippen LogP contribution in [0.5, 0.6) is 0 Å². The van der Waals surface area contributed by atoms with Crippen molar-refractivity contribution in [1.82, 2.24) is 0 Å². The Labute approximate surface area is 86.8 Å². The topological polar surface area (TPSA) is 146 Å². The molecule has 0 spiro atoms. The highest BCUT2D eigenvalue weighted by atomic mass is 16.6. The summed E-state index contributed by atoms with van der Waals surface area (Å²) in [5.41, 5.74) is 15.6. The Bertz CT molecular complexity index is 239. The number of hydrogen-bond acceptors (Lipinski definition) is 6. The quantitative estimate of drug-likeness (QED) is 0.158. The van der Waals surface area contributed by atoms with Crippen LogP contribution in [-0.4, -0.2) is 31.2 Å². The number of nitrogens with zero attached hydrogens (tertiary/aromatic N) is 2. The zero-order chi connectivity index (χ0) is 11.7. The van der Waals surface area contributed by atoms with Gasteiger partial charge >= 0.3 is 5.97 Å². The van der Waals surface area contributed by atoms with Gasteiger partial charge in [-0.2, -0.15) is 0 Å². The van der Waals surface area contributed by atoms with E-state index in [-0.39, 0.29) is 5.96 Å². The van der Waals surface area contributed by atoms with Crippen LogP contribution in [-0.2, 0) is 9.53 Å². The van der Waals surface area contributed by atoms with Gasteiger partial charge in [0.25, 0.3) is 0 Å².